The first-order valence-corrected chi connectivity index (χ1v) is 6.05. The maximum absolute atomic E-state index is 5.67. The molecule has 0 saturated heterocycles. The van der Waals surface area contributed by atoms with E-state index in [1.54, 1.807) is 0 Å². The summed E-state index contributed by atoms with van der Waals surface area (Å²) >= 11 is 0. The Morgan fingerprint density at radius 3 is 2.18 bits per heavy atom. The van der Waals surface area contributed by atoms with Gasteiger partial charge in [-0.05, 0) is 47.1 Å². The van der Waals surface area contributed by atoms with Crippen molar-refractivity contribution in [3.63, 3.8) is 0 Å². The Bertz CT molecular complexity index is 344. The van der Waals surface area contributed by atoms with Crippen molar-refractivity contribution >= 4 is 0 Å². The molecule has 3 nitrogen and oxygen atoms in total. The van der Waals surface area contributed by atoms with E-state index in [-0.39, 0.29) is 11.1 Å². The summed E-state index contributed by atoms with van der Waals surface area (Å²) in [6, 6.07) is 3.97. The normalized spacial score (nSPS) is 12.6. The minimum Gasteiger partial charge on any atom is -0.472 e. The van der Waals surface area contributed by atoms with E-state index in [2.05, 4.69) is 31.1 Å². The van der Waals surface area contributed by atoms with Crippen LogP contribution in [-0.2, 0) is 6.54 Å². The van der Waals surface area contributed by atoms with Crippen molar-refractivity contribution in [3.8, 4) is 5.88 Å². The number of hydrogen-bond donors (Lipinski definition) is 1. The second-order valence-corrected chi connectivity index (χ2v) is 6.32. The van der Waals surface area contributed by atoms with Crippen molar-refractivity contribution in [2.45, 2.75) is 59.2 Å². The van der Waals surface area contributed by atoms with Crippen LogP contribution >= 0.6 is 0 Å². The van der Waals surface area contributed by atoms with Gasteiger partial charge in [0.15, 0.2) is 0 Å². The van der Waals surface area contributed by atoms with Gasteiger partial charge in [-0.1, -0.05) is 6.07 Å². The van der Waals surface area contributed by atoms with Crippen molar-refractivity contribution in [2.75, 3.05) is 0 Å². The van der Waals surface area contributed by atoms with Gasteiger partial charge >= 0.3 is 0 Å². The Morgan fingerprint density at radius 1 is 1.12 bits per heavy atom. The number of rotatable bonds is 3. The van der Waals surface area contributed by atoms with Gasteiger partial charge in [0, 0.05) is 24.3 Å². The summed E-state index contributed by atoms with van der Waals surface area (Å²) < 4.78 is 5.67. The van der Waals surface area contributed by atoms with Crippen LogP contribution in [0.4, 0.5) is 0 Å². The maximum Gasteiger partial charge on any atom is 0.213 e. The van der Waals surface area contributed by atoms with Crippen molar-refractivity contribution in [1.82, 2.24) is 10.3 Å². The molecule has 0 spiro atoms. The van der Waals surface area contributed by atoms with Crippen LogP contribution in [0.5, 0.6) is 5.88 Å². The number of ether oxygens (including phenoxy) is 1. The zero-order valence-corrected chi connectivity index (χ0v) is 11.8. The van der Waals surface area contributed by atoms with Crippen molar-refractivity contribution in [1.29, 1.82) is 0 Å². The van der Waals surface area contributed by atoms with Gasteiger partial charge in [-0.3, -0.25) is 0 Å². The second kappa shape index (κ2) is 5.05. The molecule has 0 aromatic carbocycles. The maximum atomic E-state index is 5.67. The van der Waals surface area contributed by atoms with E-state index >= 15 is 0 Å². The molecule has 17 heavy (non-hydrogen) atoms. The molecular formula is C14H24N2O. The fourth-order valence-electron chi connectivity index (χ4n) is 1.26. The Kier molecular flexibility index (Phi) is 4.15. The van der Waals surface area contributed by atoms with E-state index in [1.807, 2.05) is 39.1 Å². The van der Waals surface area contributed by atoms with E-state index in [4.69, 9.17) is 4.74 Å². The summed E-state index contributed by atoms with van der Waals surface area (Å²) in [5.74, 6) is 0.678. The lowest BCUT2D eigenvalue weighted by Crippen LogP contribution is -2.35. The number of nitrogens with one attached hydrogen (secondary N) is 1. The first-order valence-electron chi connectivity index (χ1n) is 6.05. The molecular weight excluding hydrogens is 212 g/mol. The largest absolute Gasteiger partial charge is 0.472 e. The minimum absolute atomic E-state index is 0.126. The first kappa shape index (κ1) is 14.0. The standard InChI is InChI=1S/C14H24N2O/c1-13(2,3)16-10-11-7-8-12(15-9-11)17-14(4,5)6/h7-9,16H,10H2,1-6H3. The molecule has 0 amide bonds. The van der Waals surface area contributed by atoms with Crippen LogP contribution in [-0.4, -0.2) is 16.1 Å². The molecule has 96 valence electrons. The van der Waals surface area contributed by atoms with Crippen molar-refractivity contribution in [2.24, 2.45) is 0 Å². The fraction of sp³-hybridized carbons (Fsp3) is 0.643. The van der Waals surface area contributed by atoms with E-state index < -0.39 is 0 Å². The molecule has 0 atom stereocenters. The average Bonchev–Trinajstić information content (AvgIpc) is 2.13. The molecule has 0 aliphatic carbocycles. The lowest BCUT2D eigenvalue weighted by molar-refractivity contribution is 0.124. The summed E-state index contributed by atoms with van der Waals surface area (Å²) in [5.41, 5.74) is 1.10. The van der Waals surface area contributed by atoms with Gasteiger partial charge in [-0.15, -0.1) is 0 Å². The predicted octanol–water partition coefficient (Wildman–Crippen LogP) is 3.15. The lowest BCUT2D eigenvalue weighted by atomic mass is 10.1. The van der Waals surface area contributed by atoms with Crippen LogP contribution in [0, 0.1) is 0 Å². The summed E-state index contributed by atoms with van der Waals surface area (Å²) in [6.07, 6.45) is 1.86. The molecule has 1 rings (SSSR count). The molecule has 0 aliphatic rings. The first-order chi connectivity index (χ1) is 7.66. The van der Waals surface area contributed by atoms with Crippen molar-refractivity contribution < 1.29 is 4.74 Å². The van der Waals surface area contributed by atoms with Gasteiger partial charge in [-0.2, -0.15) is 0 Å². The van der Waals surface area contributed by atoms with Crippen LogP contribution in [0.15, 0.2) is 18.3 Å². The number of aromatic nitrogens is 1. The van der Waals surface area contributed by atoms with Crippen LogP contribution in [0.1, 0.15) is 47.1 Å². The molecule has 0 fully saturated rings. The van der Waals surface area contributed by atoms with Gasteiger partial charge in [0.2, 0.25) is 5.88 Å². The molecule has 1 aromatic rings. The zero-order chi connectivity index (χ0) is 13.1. The Hall–Kier alpha value is -1.09. The molecule has 1 N–H and O–H groups in total. The van der Waals surface area contributed by atoms with Gasteiger partial charge in [0.25, 0.3) is 0 Å². The highest BCUT2D eigenvalue weighted by Crippen LogP contribution is 2.15. The van der Waals surface area contributed by atoms with Crippen LogP contribution in [0.25, 0.3) is 0 Å². The van der Waals surface area contributed by atoms with E-state index in [9.17, 15) is 0 Å². The average molecular weight is 236 g/mol. The fourth-order valence-corrected chi connectivity index (χ4v) is 1.26. The third kappa shape index (κ3) is 6.27. The predicted molar refractivity (Wildman–Crippen MR) is 71.2 cm³/mol. The molecule has 0 saturated carbocycles. The number of hydrogen-bond acceptors (Lipinski definition) is 3. The zero-order valence-electron chi connectivity index (χ0n) is 11.8. The molecule has 1 aromatic heterocycles. The van der Waals surface area contributed by atoms with E-state index in [1.165, 1.54) is 5.56 Å². The molecule has 0 radical (unpaired) electrons. The van der Waals surface area contributed by atoms with Crippen LogP contribution < -0.4 is 10.1 Å². The highest BCUT2D eigenvalue weighted by Gasteiger charge is 2.12. The second-order valence-electron chi connectivity index (χ2n) is 6.32. The number of nitrogens with zero attached hydrogens (tertiary/aromatic N) is 1. The van der Waals surface area contributed by atoms with Crippen molar-refractivity contribution in [3.05, 3.63) is 23.9 Å². The Balaban J connectivity index is 2.56. The van der Waals surface area contributed by atoms with Gasteiger partial charge in [0.1, 0.15) is 5.60 Å². The highest BCUT2D eigenvalue weighted by molar-refractivity contribution is 5.18. The SMILES string of the molecule is CC(C)(C)NCc1ccc(OC(C)(C)C)nc1. The monoisotopic (exact) mass is 236 g/mol. The summed E-state index contributed by atoms with van der Waals surface area (Å²) in [4.78, 5) is 4.30. The van der Waals surface area contributed by atoms with Crippen LogP contribution in [0.3, 0.4) is 0 Å². The quantitative estimate of drug-likeness (QED) is 0.875. The van der Waals surface area contributed by atoms with E-state index in [0.717, 1.165) is 6.54 Å². The molecule has 0 aliphatic heterocycles. The summed E-state index contributed by atoms with van der Waals surface area (Å²) in [5, 5.41) is 3.43. The summed E-state index contributed by atoms with van der Waals surface area (Å²) in [7, 11) is 0. The third-order valence-electron chi connectivity index (χ3n) is 2.03. The minimum atomic E-state index is -0.196. The molecule has 1 heterocycles. The smallest absolute Gasteiger partial charge is 0.213 e. The Morgan fingerprint density at radius 2 is 1.76 bits per heavy atom. The third-order valence-corrected chi connectivity index (χ3v) is 2.03. The van der Waals surface area contributed by atoms with Gasteiger partial charge < -0.3 is 10.1 Å². The van der Waals surface area contributed by atoms with Gasteiger partial charge in [0.05, 0.1) is 0 Å². The van der Waals surface area contributed by atoms with Gasteiger partial charge in [-0.25, -0.2) is 4.98 Å². The highest BCUT2D eigenvalue weighted by atomic mass is 16.5. The van der Waals surface area contributed by atoms with Crippen LogP contribution in [0.2, 0.25) is 0 Å². The number of pyridine rings is 1. The molecule has 0 unspecified atom stereocenters. The molecule has 3 heteroatoms. The topological polar surface area (TPSA) is 34.1 Å². The Labute approximate surface area is 105 Å². The van der Waals surface area contributed by atoms with E-state index in [0.29, 0.717) is 5.88 Å². The summed E-state index contributed by atoms with van der Waals surface area (Å²) in [6.45, 7) is 13.3. The molecule has 0 bridgehead atoms. The lowest BCUT2D eigenvalue weighted by Gasteiger charge is -2.21.